The highest BCUT2D eigenvalue weighted by molar-refractivity contribution is 7.90. The normalized spacial score (nSPS) is 13.0. The monoisotopic (exact) mass is 563 g/mol. The number of hydrogen-bond donors (Lipinski definition) is 1. The van der Waals surface area contributed by atoms with Gasteiger partial charge in [-0.15, -0.1) is 0 Å². The van der Waals surface area contributed by atoms with Crippen molar-refractivity contribution in [2.24, 2.45) is 0 Å². The van der Waals surface area contributed by atoms with Gasteiger partial charge in [0.15, 0.2) is 0 Å². The Balaban J connectivity index is 1.47. The Morgan fingerprint density at radius 2 is 1.82 bits per heavy atom. The Kier molecular flexibility index (Phi) is 7.27. The number of non-ortho nitro benzene ring substituents is 1. The molecule has 0 spiro atoms. The lowest BCUT2D eigenvalue weighted by molar-refractivity contribution is -0.385. The summed E-state index contributed by atoms with van der Waals surface area (Å²) in [7, 11) is -4.42. The molecule has 198 valence electrons. The Bertz CT molecular complexity index is 1700. The molecular weight excluding hydrogens is 542 g/mol. The molecular formula is C27H22ClN5O5S. The quantitative estimate of drug-likeness (QED) is 0.259. The first-order valence-corrected chi connectivity index (χ1v) is 13.8. The van der Waals surface area contributed by atoms with Crippen molar-refractivity contribution in [1.82, 2.24) is 14.7 Å². The van der Waals surface area contributed by atoms with Crippen molar-refractivity contribution < 1.29 is 18.1 Å². The summed E-state index contributed by atoms with van der Waals surface area (Å²) in [6.45, 7) is 1.28. The smallest absolute Gasteiger partial charge is 0.270 e. The fraction of sp³-hybridized carbons (Fsp3) is 0.148. The predicted octanol–water partition coefficient (Wildman–Crippen LogP) is 4.31. The molecule has 1 aliphatic rings. The Labute approximate surface area is 229 Å². The number of aromatic nitrogens is 2. The Hall–Kier alpha value is -4.35. The van der Waals surface area contributed by atoms with E-state index in [0.717, 1.165) is 29.7 Å². The van der Waals surface area contributed by atoms with Crippen LogP contribution in [0.3, 0.4) is 0 Å². The van der Waals surface area contributed by atoms with Crippen LogP contribution < -0.4 is 9.62 Å². The topological polar surface area (TPSA) is 135 Å². The van der Waals surface area contributed by atoms with Crippen molar-refractivity contribution in [3.63, 3.8) is 0 Å². The molecule has 1 aromatic heterocycles. The molecule has 5 rings (SSSR count). The van der Waals surface area contributed by atoms with Gasteiger partial charge in [-0.2, -0.15) is 0 Å². The van der Waals surface area contributed by atoms with E-state index in [1.165, 1.54) is 23.9 Å². The van der Waals surface area contributed by atoms with Gasteiger partial charge in [0.2, 0.25) is 5.95 Å². The van der Waals surface area contributed by atoms with E-state index >= 15 is 0 Å². The molecule has 0 aliphatic carbocycles. The molecule has 39 heavy (non-hydrogen) atoms. The van der Waals surface area contributed by atoms with Crippen molar-refractivity contribution in [3.8, 4) is 0 Å². The van der Waals surface area contributed by atoms with Crippen LogP contribution in [0.2, 0.25) is 5.02 Å². The Morgan fingerprint density at radius 1 is 1.05 bits per heavy atom. The van der Waals surface area contributed by atoms with E-state index in [1.54, 1.807) is 18.2 Å². The number of halogens is 1. The SMILES string of the molecule is O=C(NS(=O)(=O)c1cccc([N+](=O)[O-])c1)c1cnc(N2CCc3ccccc3C2)nc1Cc1cccc(Cl)c1. The van der Waals surface area contributed by atoms with Gasteiger partial charge in [0.25, 0.3) is 21.6 Å². The minimum Gasteiger partial charge on any atom is -0.336 e. The van der Waals surface area contributed by atoms with Crippen LogP contribution in [0.15, 0.2) is 83.9 Å². The molecule has 0 saturated carbocycles. The third kappa shape index (κ3) is 5.89. The molecule has 1 N–H and O–H groups in total. The largest absolute Gasteiger partial charge is 0.336 e. The van der Waals surface area contributed by atoms with Gasteiger partial charge < -0.3 is 4.90 Å². The summed E-state index contributed by atoms with van der Waals surface area (Å²) in [5.74, 6) is -0.534. The first-order chi connectivity index (χ1) is 18.7. The van der Waals surface area contributed by atoms with Gasteiger partial charge in [-0.3, -0.25) is 14.9 Å². The van der Waals surface area contributed by atoms with Gasteiger partial charge in [0, 0.05) is 42.9 Å². The molecule has 0 saturated heterocycles. The number of sulfonamides is 1. The molecule has 1 aliphatic heterocycles. The second-order valence-corrected chi connectivity index (χ2v) is 11.1. The van der Waals surface area contributed by atoms with Crippen LogP contribution >= 0.6 is 11.6 Å². The minimum atomic E-state index is -4.42. The van der Waals surface area contributed by atoms with Crippen LogP contribution in [0.4, 0.5) is 11.6 Å². The first kappa shape index (κ1) is 26.3. The van der Waals surface area contributed by atoms with Gasteiger partial charge in [-0.1, -0.05) is 54.1 Å². The average Bonchev–Trinajstić information content (AvgIpc) is 2.92. The number of benzene rings is 3. The second kappa shape index (κ2) is 10.8. The summed E-state index contributed by atoms with van der Waals surface area (Å²) in [5.41, 5.74) is 3.05. The van der Waals surface area contributed by atoms with Crippen LogP contribution in [0.1, 0.15) is 32.7 Å². The number of nitrogens with one attached hydrogen (secondary N) is 1. The van der Waals surface area contributed by atoms with E-state index in [2.05, 4.69) is 22.1 Å². The number of hydrogen-bond acceptors (Lipinski definition) is 8. The number of nitrogens with zero attached hydrogens (tertiary/aromatic N) is 4. The van der Waals surface area contributed by atoms with E-state index in [1.807, 2.05) is 27.8 Å². The summed E-state index contributed by atoms with van der Waals surface area (Å²) in [5, 5.41) is 11.6. The lowest BCUT2D eigenvalue weighted by atomic mass is 10.0. The standard InChI is InChI=1S/C27H22ClN5O5S/c28-21-8-3-5-18(13-21)14-25-24(26(34)31-39(37,38)23-10-4-9-22(15-23)33(35)36)16-29-27(30-25)32-12-11-19-6-1-2-7-20(19)17-32/h1-10,13,15-16H,11-12,14,17H2,(H,31,34). The predicted molar refractivity (Wildman–Crippen MR) is 145 cm³/mol. The van der Waals surface area contributed by atoms with Crippen LogP contribution in [-0.2, 0) is 29.4 Å². The zero-order chi connectivity index (χ0) is 27.6. The van der Waals surface area contributed by atoms with Crippen molar-refractivity contribution in [3.05, 3.63) is 122 Å². The summed E-state index contributed by atoms with van der Waals surface area (Å²) in [4.78, 5) is 34.3. The summed E-state index contributed by atoms with van der Waals surface area (Å²) in [6.07, 6.45) is 2.31. The van der Waals surface area contributed by atoms with Crippen LogP contribution in [-0.4, -0.2) is 35.8 Å². The van der Waals surface area contributed by atoms with E-state index in [4.69, 9.17) is 11.6 Å². The lowest BCUT2D eigenvalue weighted by Gasteiger charge is -2.29. The summed E-state index contributed by atoms with van der Waals surface area (Å²) < 4.78 is 27.8. The van der Waals surface area contributed by atoms with E-state index in [-0.39, 0.29) is 12.0 Å². The number of anilines is 1. The third-order valence-electron chi connectivity index (χ3n) is 6.34. The fourth-order valence-electron chi connectivity index (χ4n) is 4.39. The average molecular weight is 564 g/mol. The minimum absolute atomic E-state index is 0.0369. The number of nitro benzene ring substituents is 1. The number of rotatable bonds is 7. The van der Waals surface area contributed by atoms with E-state index < -0.39 is 31.4 Å². The van der Waals surface area contributed by atoms with Crippen molar-refractivity contribution >= 4 is 39.2 Å². The van der Waals surface area contributed by atoms with Crippen molar-refractivity contribution in [2.75, 3.05) is 11.4 Å². The van der Waals surface area contributed by atoms with Crippen molar-refractivity contribution in [2.45, 2.75) is 24.3 Å². The number of fused-ring (bicyclic) bond motifs is 1. The van der Waals surface area contributed by atoms with Gasteiger partial charge in [-0.05, 0) is 41.3 Å². The number of amides is 1. The highest BCUT2D eigenvalue weighted by atomic mass is 35.5. The van der Waals surface area contributed by atoms with Gasteiger partial charge in [0.05, 0.1) is 21.1 Å². The molecule has 0 fully saturated rings. The Morgan fingerprint density at radius 3 is 2.59 bits per heavy atom. The highest BCUT2D eigenvalue weighted by Gasteiger charge is 2.25. The maximum Gasteiger partial charge on any atom is 0.270 e. The molecule has 0 radical (unpaired) electrons. The molecule has 1 amide bonds. The molecule has 0 bridgehead atoms. The molecule has 10 nitrogen and oxygen atoms in total. The van der Waals surface area contributed by atoms with Gasteiger partial charge in [0.1, 0.15) is 0 Å². The van der Waals surface area contributed by atoms with Gasteiger partial charge in [-0.25, -0.2) is 23.1 Å². The van der Waals surface area contributed by atoms with E-state index in [9.17, 15) is 23.3 Å². The number of carbonyl (C=O) groups is 1. The lowest BCUT2D eigenvalue weighted by Crippen LogP contribution is -2.34. The maximum absolute atomic E-state index is 13.2. The zero-order valence-electron chi connectivity index (χ0n) is 20.5. The zero-order valence-corrected chi connectivity index (χ0v) is 22.0. The van der Waals surface area contributed by atoms with Gasteiger partial charge >= 0.3 is 0 Å². The second-order valence-electron chi connectivity index (χ2n) is 8.97. The summed E-state index contributed by atoms with van der Waals surface area (Å²) in [6, 6.07) is 19.6. The third-order valence-corrected chi connectivity index (χ3v) is 7.90. The molecule has 0 atom stereocenters. The van der Waals surface area contributed by atoms with Crippen LogP contribution in [0, 0.1) is 10.1 Å². The number of carbonyl (C=O) groups excluding carboxylic acids is 1. The number of nitro groups is 1. The van der Waals surface area contributed by atoms with E-state index in [0.29, 0.717) is 29.8 Å². The molecule has 4 aromatic rings. The molecule has 0 unspecified atom stereocenters. The maximum atomic E-state index is 13.2. The molecule has 12 heteroatoms. The highest BCUT2D eigenvalue weighted by Crippen LogP contribution is 2.24. The van der Waals surface area contributed by atoms with Crippen LogP contribution in [0.5, 0.6) is 0 Å². The fourth-order valence-corrected chi connectivity index (χ4v) is 5.61. The van der Waals surface area contributed by atoms with Crippen molar-refractivity contribution in [1.29, 1.82) is 0 Å². The summed E-state index contributed by atoms with van der Waals surface area (Å²) >= 11 is 6.16. The first-order valence-electron chi connectivity index (χ1n) is 11.9. The molecule has 3 aromatic carbocycles. The van der Waals surface area contributed by atoms with Crippen LogP contribution in [0.25, 0.3) is 0 Å². The molecule has 2 heterocycles.